The number of thiocarbonyl (C=S) groups is 1. The van der Waals surface area contributed by atoms with Gasteiger partial charge in [0, 0.05) is 19.0 Å². The van der Waals surface area contributed by atoms with Crippen LogP contribution < -0.4 is 5.73 Å². The second kappa shape index (κ2) is 8.05. The molecule has 2 N–H and O–H groups in total. The summed E-state index contributed by atoms with van der Waals surface area (Å²) in [4.78, 5) is 3.10. The molecule has 3 heteroatoms. The third-order valence-corrected chi connectivity index (χ3v) is 3.54. The summed E-state index contributed by atoms with van der Waals surface area (Å²) in [6.07, 6.45) is 2.52. The standard InChI is InChI=1S/C12H26N2S/c1-5-11(6-2)9-14(7-3)8-10(4)12(13)15/h10-11H,5-9H2,1-4H3,(H2,13,15). The molecule has 0 aromatic rings. The summed E-state index contributed by atoms with van der Waals surface area (Å²) in [5.74, 6) is 1.14. The van der Waals surface area contributed by atoms with E-state index in [1.54, 1.807) is 0 Å². The molecule has 1 atom stereocenters. The van der Waals surface area contributed by atoms with E-state index in [9.17, 15) is 0 Å². The summed E-state index contributed by atoms with van der Waals surface area (Å²) >= 11 is 5.01. The molecular weight excluding hydrogens is 204 g/mol. The predicted molar refractivity (Wildman–Crippen MR) is 72.1 cm³/mol. The van der Waals surface area contributed by atoms with Gasteiger partial charge in [0.05, 0.1) is 4.99 Å². The van der Waals surface area contributed by atoms with Crippen LogP contribution in [-0.4, -0.2) is 29.5 Å². The minimum Gasteiger partial charge on any atom is -0.393 e. The highest BCUT2D eigenvalue weighted by Gasteiger charge is 2.14. The van der Waals surface area contributed by atoms with Gasteiger partial charge in [0.25, 0.3) is 0 Å². The maximum absolute atomic E-state index is 5.64. The third kappa shape index (κ3) is 6.10. The van der Waals surface area contributed by atoms with E-state index in [4.69, 9.17) is 18.0 Å². The Bertz CT molecular complexity index is 178. The number of nitrogens with zero attached hydrogens (tertiary/aromatic N) is 1. The van der Waals surface area contributed by atoms with E-state index in [-0.39, 0.29) is 0 Å². The predicted octanol–water partition coefficient (Wildman–Crippen LogP) is 2.67. The molecular formula is C12H26N2S. The Labute approximate surface area is 100 Å². The molecule has 0 aliphatic heterocycles. The third-order valence-electron chi connectivity index (χ3n) is 3.14. The molecule has 0 heterocycles. The molecule has 0 bridgehead atoms. The van der Waals surface area contributed by atoms with Gasteiger partial charge in [-0.1, -0.05) is 52.8 Å². The van der Waals surface area contributed by atoms with Crippen molar-refractivity contribution in [1.29, 1.82) is 0 Å². The summed E-state index contributed by atoms with van der Waals surface area (Å²) in [5.41, 5.74) is 5.64. The van der Waals surface area contributed by atoms with Crippen molar-refractivity contribution in [2.45, 2.75) is 40.5 Å². The van der Waals surface area contributed by atoms with Gasteiger partial charge < -0.3 is 10.6 Å². The molecule has 1 unspecified atom stereocenters. The maximum Gasteiger partial charge on any atom is 0.0768 e. The molecule has 0 aliphatic carbocycles. The molecule has 0 amide bonds. The summed E-state index contributed by atoms with van der Waals surface area (Å²) in [6.45, 7) is 12.1. The SMILES string of the molecule is CCC(CC)CN(CC)CC(C)C(N)=S. The first-order chi connectivity index (χ1) is 7.04. The van der Waals surface area contributed by atoms with Crippen molar-refractivity contribution < 1.29 is 0 Å². The average molecular weight is 230 g/mol. The number of rotatable bonds is 8. The zero-order valence-electron chi connectivity index (χ0n) is 10.6. The van der Waals surface area contributed by atoms with E-state index in [2.05, 4.69) is 32.6 Å². The van der Waals surface area contributed by atoms with Crippen molar-refractivity contribution in [1.82, 2.24) is 4.90 Å². The van der Waals surface area contributed by atoms with Crippen LogP contribution in [0.5, 0.6) is 0 Å². The van der Waals surface area contributed by atoms with Crippen LogP contribution in [0.25, 0.3) is 0 Å². The first-order valence-electron chi connectivity index (χ1n) is 6.06. The Morgan fingerprint density at radius 2 is 1.73 bits per heavy atom. The molecule has 2 nitrogen and oxygen atoms in total. The van der Waals surface area contributed by atoms with Crippen LogP contribution in [0.1, 0.15) is 40.5 Å². The fraction of sp³-hybridized carbons (Fsp3) is 0.917. The monoisotopic (exact) mass is 230 g/mol. The highest BCUT2D eigenvalue weighted by molar-refractivity contribution is 7.80. The van der Waals surface area contributed by atoms with E-state index in [0.717, 1.165) is 19.0 Å². The molecule has 0 spiro atoms. The Balaban J connectivity index is 4.07. The van der Waals surface area contributed by atoms with E-state index in [1.165, 1.54) is 19.4 Å². The zero-order chi connectivity index (χ0) is 11.8. The van der Waals surface area contributed by atoms with E-state index in [1.807, 2.05) is 0 Å². The molecule has 0 saturated carbocycles. The molecule has 0 aromatic carbocycles. The summed E-state index contributed by atoms with van der Waals surface area (Å²) in [5, 5.41) is 0. The van der Waals surface area contributed by atoms with Gasteiger partial charge in [-0.25, -0.2) is 0 Å². The number of hydrogen-bond acceptors (Lipinski definition) is 2. The van der Waals surface area contributed by atoms with Crippen molar-refractivity contribution >= 4 is 17.2 Å². The Hall–Kier alpha value is -0.150. The van der Waals surface area contributed by atoms with E-state index >= 15 is 0 Å². The molecule has 90 valence electrons. The van der Waals surface area contributed by atoms with Gasteiger partial charge in [-0.05, 0) is 12.5 Å². The van der Waals surface area contributed by atoms with Crippen molar-refractivity contribution in [3.63, 3.8) is 0 Å². The topological polar surface area (TPSA) is 29.3 Å². The fourth-order valence-corrected chi connectivity index (χ4v) is 1.80. The van der Waals surface area contributed by atoms with Crippen molar-refractivity contribution in [2.75, 3.05) is 19.6 Å². The molecule has 15 heavy (non-hydrogen) atoms. The quantitative estimate of drug-likeness (QED) is 0.650. The normalized spacial score (nSPS) is 13.5. The summed E-state index contributed by atoms with van der Waals surface area (Å²) < 4.78 is 0. The molecule has 0 radical (unpaired) electrons. The first kappa shape index (κ1) is 14.8. The van der Waals surface area contributed by atoms with Gasteiger partial charge in [-0.2, -0.15) is 0 Å². The number of hydrogen-bond donors (Lipinski definition) is 1. The van der Waals surface area contributed by atoms with Gasteiger partial charge in [0.2, 0.25) is 0 Å². The van der Waals surface area contributed by atoms with Crippen LogP contribution in [0.3, 0.4) is 0 Å². The minimum atomic E-state index is 0.328. The largest absolute Gasteiger partial charge is 0.393 e. The lowest BCUT2D eigenvalue weighted by Gasteiger charge is -2.27. The fourth-order valence-electron chi connectivity index (χ4n) is 1.72. The van der Waals surface area contributed by atoms with Crippen LogP contribution in [0.4, 0.5) is 0 Å². The highest BCUT2D eigenvalue weighted by atomic mass is 32.1. The first-order valence-corrected chi connectivity index (χ1v) is 6.47. The average Bonchev–Trinajstić information content (AvgIpc) is 2.23. The lowest BCUT2D eigenvalue weighted by atomic mass is 10.0. The van der Waals surface area contributed by atoms with Crippen molar-refractivity contribution in [3.8, 4) is 0 Å². The second-order valence-electron chi connectivity index (χ2n) is 4.34. The summed E-state index contributed by atoms with van der Waals surface area (Å²) in [7, 11) is 0. The van der Waals surface area contributed by atoms with Crippen LogP contribution in [-0.2, 0) is 0 Å². The molecule has 0 aromatic heterocycles. The van der Waals surface area contributed by atoms with Gasteiger partial charge in [0.15, 0.2) is 0 Å². The zero-order valence-corrected chi connectivity index (χ0v) is 11.4. The number of nitrogens with two attached hydrogens (primary N) is 1. The Morgan fingerprint density at radius 3 is 2.07 bits per heavy atom. The minimum absolute atomic E-state index is 0.328. The molecule has 0 saturated heterocycles. The smallest absolute Gasteiger partial charge is 0.0768 e. The maximum atomic E-state index is 5.64. The van der Waals surface area contributed by atoms with Gasteiger partial charge in [-0.3, -0.25) is 0 Å². The van der Waals surface area contributed by atoms with Crippen LogP contribution in [0.15, 0.2) is 0 Å². The molecule has 0 fully saturated rings. The van der Waals surface area contributed by atoms with Crippen LogP contribution in [0.2, 0.25) is 0 Å². The molecule has 0 rings (SSSR count). The van der Waals surface area contributed by atoms with Gasteiger partial charge >= 0.3 is 0 Å². The van der Waals surface area contributed by atoms with Gasteiger partial charge in [-0.15, -0.1) is 0 Å². The van der Waals surface area contributed by atoms with E-state index in [0.29, 0.717) is 10.9 Å². The second-order valence-corrected chi connectivity index (χ2v) is 4.81. The van der Waals surface area contributed by atoms with Gasteiger partial charge in [0.1, 0.15) is 0 Å². The molecule has 0 aliphatic rings. The highest BCUT2D eigenvalue weighted by Crippen LogP contribution is 2.11. The Kier molecular flexibility index (Phi) is 7.97. The lowest BCUT2D eigenvalue weighted by Crippen LogP contribution is -2.36. The van der Waals surface area contributed by atoms with Crippen LogP contribution in [0, 0.1) is 11.8 Å². The lowest BCUT2D eigenvalue weighted by molar-refractivity contribution is 0.222. The summed E-state index contributed by atoms with van der Waals surface area (Å²) in [6, 6.07) is 0. The Morgan fingerprint density at radius 1 is 1.20 bits per heavy atom. The van der Waals surface area contributed by atoms with E-state index < -0.39 is 0 Å². The van der Waals surface area contributed by atoms with Crippen molar-refractivity contribution in [3.05, 3.63) is 0 Å². The van der Waals surface area contributed by atoms with Crippen molar-refractivity contribution in [2.24, 2.45) is 17.6 Å². The van der Waals surface area contributed by atoms with Crippen LogP contribution >= 0.6 is 12.2 Å².